The van der Waals surface area contributed by atoms with Gasteiger partial charge in [0.05, 0.1) is 0 Å². The van der Waals surface area contributed by atoms with E-state index < -0.39 is 0 Å². The lowest BCUT2D eigenvalue weighted by Gasteiger charge is -2.30. The average molecular weight is 345 g/mol. The summed E-state index contributed by atoms with van der Waals surface area (Å²) in [6, 6.07) is 17.7. The zero-order valence-electron chi connectivity index (χ0n) is 15.7. The second-order valence-corrected chi connectivity index (χ2v) is 7.29. The van der Waals surface area contributed by atoms with E-state index in [4.69, 9.17) is 0 Å². The molecule has 0 bridgehead atoms. The number of benzene rings is 2. The fourth-order valence-corrected chi connectivity index (χ4v) is 4.22. The largest absolute Gasteiger partial charge is 0.320 e. The molecule has 2 heteroatoms. The van der Waals surface area contributed by atoms with Gasteiger partial charge in [0, 0.05) is 13.1 Å². The molecular formula is C24H28N2. The maximum absolute atomic E-state index is 3.25. The van der Waals surface area contributed by atoms with Crippen molar-refractivity contribution in [3.63, 3.8) is 0 Å². The third-order valence-corrected chi connectivity index (χ3v) is 5.62. The predicted octanol–water partition coefficient (Wildman–Crippen LogP) is 4.68. The molecule has 1 aliphatic carbocycles. The number of rotatable bonds is 4. The van der Waals surface area contributed by atoms with Crippen LogP contribution in [0.2, 0.25) is 0 Å². The molecule has 0 spiro atoms. The summed E-state index contributed by atoms with van der Waals surface area (Å²) in [5.41, 5.74) is 8.57. The highest BCUT2D eigenvalue weighted by Gasteiger charge is 2.22. The van der Waals surface area contributed by atoms with Gasteiger partial charge in [-0.2, -0.15) is 0 Å². The van der Waals surface area contributed by atoms with Crippen molar-refractivity contribution < 1.29 is 0 Å². The summed E-state index contributed by atoms with van der Waals surface area (Å²) in [6.45, 7) is 4.68. The van der Waals surface area contributed by atoms with E-state index in [1.807, 2.05) is 7.05 Å². The molecule has 0 saturated carbocycles. The molecule has 2 nitrogen and oxygen atoms in total. The Kier molecular flexibility index (Phi) is 5.33. The van der Waals surface area contributed by atoms with E-state index in [9.17, 15) is 0 Å². The second-order valence-electron chi connectivity index (χ2n) is 7.29. The molecule has 1 aliphatic heterocycles. The summed E-state index contributed by atoms with van der Waals surface area (Å²) in [4.78, 5) is 2.62. The summed E-state index contributed by atoms with van der Waals surface area (Å²) in [5, 5.41) is 3.25. The quantitative estimate of drug-likeness (QED) is 0.692. The van der Waals surface area contributed by atoms with Crippen molar-refractivity contribution >= 4 is 17.7 Å². The maximum Gasteiger partial charge on any atom is 0.00191 e. The van der Waals surface area contributed by atoms with Crippen molar-refractivity contribution in [1.29, 1.82) is 0 Å². The van der Waals surface area contributed by atoms with Gasteiger partial charge in [-0.1, -0.05) is 66.3 Å². The topological polar surface area (TPSA) is 15.3 Å². The molecule has 1 heterocycles. The first kappa shape index (κ1) is 17.3. The normalized spacial score (nSPS) is 17.0. The number of fused-ring (bicyclic) bond motifs is 2. The molecule has 134 valence electrons. The first-order valence-corrected chi connectivity index (χ1v) is 9.82. The van der Waals surface area contributed by atoms with Crippen LogP contribution in [0.15, 0.2) is 54.1 Å². The summed E-state index contributed by atoms with van der Waals surface area (Å²) in [5.74, 6) is 0. The molecule has 2 aromatic rings. The van der Waals surface area contributed by atoms with E-state index in [2.05, 4.69) is 70.9 Å². The van der Waals surface area contributed by atoms with E-state index >= 15 is 0 Å². The smallest absolute Gasteiger partial charge is 0.00191 e. The van der Waals surface area contributed by atoms with Crippen LogP contribution >= 0.6 is 0 Å². The number of likely N-dealkylation sites (tertiary alicyclic amines) is 1. The fraction of sp³-hybridized carbons (Fsp3) is 0.333. The maximum atomic E-state index is 3.25. The highest BCUT2D eigenvalue weighted by molar-refractivity contribution is 5.94. The van der Waals surface area contributed by atoms with Gasteiger partial charge < -0.3 is 10.2 Å². The Morgan fingerprint density at radius 2 is 1.42 bits per heavy atom. The lowest BCUT2D eigenvalue weighted by molar-refractivity contribution is 0.253. The SMILES string of the molecule is CNCCCN1CCC(=C2c3ccccc3C=Cc3ccccc32)CC1. The summed E-state index contributed by atoms with van der Waals surface area (Å²) < 4.78 is 0. The van der Waals surface area contributed by atoms with Crippen molar-refractivity contribution in [3.8, 4) is 0 Å². The van der Waals surface area contributed by atoms with Gasteiger partial charge in [0.15, 0.2) is 0 Å². The Morgan fingerprint density at radius 3 is 2.00 bits per heavy atom. The first-order chi connectivity index (χ1) is 12.9. The van der Waals surface area contributed by atoms with Crippen molar-refractivity contribution in [2.45, 2.75) is 19.3 Å². The van der Waals surface area contributed by atoms with Crippen LogP contribution in [0.1, 0.15) is 41.5 Å². The van der Waals surface area contributed by atoms with E-state index in [1.165, 1.54) is 66.7 Å². The Bertz CT molecular complexity index is 770. The minimum atomic E-state index is 1.11. The molecule has 0 radical (unpaired) electrons. The van der Waals surface area contributed by atoms with Crippen LogP contribution in [0.5, 0.6) is 0 Å². The molecule has 0 aromatic heterocycles. The van der Waals surface area contributed by atoms with Gasteiger partial charge in [0.2, 0.25) is 0 Å². The minimum absolute atomic E-state index is 1.11. The number of hydrogen-bond acceptors (Lipinski definition) is 2. The highest BCUT2D eigenvalue weighted by Crippen LogP contribution is 2.38. The Hall–Kier alpha value is -2.16. The Balaban J connectivity index is 1.68. The summed E-state index contributed by atoms with van der Waals surface area (Å²) in [6.07, 6.45) is 8.14. The number of piperidine rings is 1. The molecule has 4 rings (SSSR count). The third-order valence-electron chi connectivity index (χ3n) is 5.62. The molecule has 2 aromatic carbocycles. The standard InChI is InChI=1S/C24H28N2/c1-25-15-6-16-26-17-13-21(14-18-26)24-22-9-4-2-7-19(22)11-12-20-8-3-5-10-23(20)24/h2-5,7-12,25H,6,13-18H2,1H3. The molecule has 1 saturated heterocycles. The zero-order chi connectivity index (χ0) is 17.8. The van der Waals surface area contributed by atoms with E-state index in [1.54, 1.807) is 5.57 Å². The number of hydrogen-bond donors (Lipinski definition) is 1. The Labute approximate surface area is 157 Å². The van der Waals surface area contributed by atoms with E-state index in [0.717, 1.165) is 6.54 Å². The molecule has 1 N–H and O–H groups in total. The molecule has 0 amide bonds. The summed E-state index contributed by atoms with van der Waals surface area (Å²) in [7, 11) is 2.04. The molecular weight excluding hydrogens is 316 g/mol. The van der Waals surface area contributed by atoms with Gasteiger partial charge in [-0.3, -0.25) is 0 Å². The predicted molar refractivity (Wildman–Crippen MR) is 112 cm³/mol. The Morgan fingerprint density at radius 1 is 0.846 bits per heavy atom. The number of nitrogens with one attached hydrogen (secondary N) is 1. The lowest BCUT2D eigenvalue weighted by atomic mass is 9.86. The van der Waals surface area contributed by atoms with Crippen LogP contribution in [0, 0.1) is 0 Å². The molecule has 0 atom stereocenters. The van der Waals surface area contributed by atoms with Crippen LogP contribution in [0.4, 0.5) is 0 Å². The highest BCUT2D eigenvalue weighted by atomic mass is 15.1. The molecule has 0 unspecified atom stereocenters. The van der Waals surface area contributed by atoms with Gasteiger partial charge in [-0.25, -0.2) is 0 Å². The number of nitrogens with zero attached hydrogens (tertiary/aromatic N) is 1. The summed E-state index contributed by atoms with van der Waals surface area (Å²) >= 11 is 0. The third kappa shape index (κ3) is 3.53. The van der Waals surface area contributed by atoms with Crippen molar-refractivity contribution in [2.75, 3.05) is 33.2 Å². The van der Waals surface area contributed by atoms with Crippen LogP contribution in [-0.2, 0) is 0 Å². The van der Waals surface area contributed by atoms with E-state index in [-0.39, 0.29) is 0 Å². The van der Waals surface area contributed by atoms with Gasteiger partial charge >= 0.3 is 0 Å². The first-order valence-electron chi connectivity index (χ1n) is 9.82. The monoisotopic (exact) mass is 344 g/mol. The minimum Gasteiger partial charge on any atom is -0.320 e. The lowest BCUT2D eigenvalue weighted by Crippen LogP contribution is -2.33. The van der Waals surface area contributed by atoms with Crippen LogP contribution < -0.4 is 5.32 Å². The van der Waals surface area contributed by atoms with Crippen LogP contribution in [0.25, 0.3) is 17.7 Å². The van der Waals surface area contributed by atoms with Crippen LogP contribution in [-0.4, -0.2) is 38.1 Å². The van der Waals surface area contributed by atoms with Crippen molar-refractivity contribution in [3.05, 3.63) is 76.4 Å². The van der Waals surface area contributed by atoms with Crippen molar-refractivity contribution in [1.82, 2.24) is 10.2 Å². The van der Waals surface area contributed by atoms with Gasteiger partial charge in [0.1, 0.15) is 0 Å². The fourth-order valence-electron chi connectivity index (χ4n) is 4.22. The average Bonchev–Trinajstić information content (AvgIpc) is 2.86. The molecule has 2 aliphatic rings. The van der Waals surface area contributed by atoms with Gasteiger partial charge in [-0.15, -0.1) is 0 Å². The van der Waals surface area contributed by atoms with Gasteiger partial charge in [0.25, 0.3) is 0 Å². The van der Waals surface area contributed by atoms with Gasteiger partial charge in [-0.05, 0) is 67.2 Å². The van der Waals surface area contributed by atoms with Crippen LogP contribution in [0.3, 0.4) is 0 Å². The molecule has 26 heavy (non-hydrogen) atoms. The zero-order valence-corrected chi connectivity index (χ0v) is 15.7. The molecule has 1 fully saturated rings. The van der Waals surface area contributed by atoms with E-state index in [0.29, 0.717) is 0 Å². The second kappa shape index (κ2) is 8.03. The van der Waals surface area contributed by atoms with Crippen molar-refractivity contribution in [2.24, 2.45) is 0 Å².